The molecule has 2 aliphatic heterocycles. The van der Waals surface area contributed by atoms with Crippen molar-refractivity contribution in [1.82, 2.24) is 25.9 Å². The van der Waals surface area contributed by atoms with Crippen LogP contribution < -0.4 is 10.5 Å². The third kappa shape index (κ3) is 5.55. The number of nitrogens with two attached hydrogens (primary N) is 1. The first kappa shape index (κ1) is 26.2. The number of hydrogen-bond acceptors (Lipinski definition) is 8. The van der Waals surface area contributed by atoms with Crippen molar-refractivity contribution in [3.63, 3.8) is 0 Å². The number of likely N-dealkylation sites (tertiary alicyclic amines) is 1. The topological polar surface area (TPSA) is 173 Å². The molecule has 0 unspecified atom stereocenters. The molecule has 2 fully saturated rings. The number of nitrogens with zero attached hydrogens (tertiary/aromatic N) is 4. The minimum atomic E-state index is -4.15. The van der Waals surface area contributed by atoms with Crippen LogP contribution in [0.25, 0.3) is 22.5 Å². The van der Waals surface area contributed by atoms with E-state index in [4.69, 9.17) is 15.0 Å². The standard InChI is InChI=1S/C25H31N7O5S/c1-32(15-37-25(33)34)10-8-16(9-11-32)12-19-6-7-21(18-4-2-17(3-5-18)20-13-27-14-20)22(23(19)38(26,35)36)24-28-30-31-29-24/h2-7,16,20,27H,8-15H2,1H3,(H3-,26,28,29,30,31,33,34,35,36)/p+1. The van der Waals surface area contributed by atoms with Gasteiger partial charge in [-0.3, -0.25) is 4.48 Å². The molecule has 0 radical (unpaired) electrons. The van der Waals surface area contributed by atoms with Gasteiger partial charge in [0.1, 0.15) is 0 Å². The van der Waals surface area contributed by atoms with Gasteiger partial charge in [-0.25, -0.2) is 18.4 Å². The van der Waals surface area contributed by atoms with Crippen molar-refractivity contribution in [2.45, 2.75) is 30.1 Å². The van der Waals surface area contributed by atoms with Crippen LogP contribution in [0.15, 0.2) is 41.3 Å². The lowest BCUT2D eigenvalue weighted by molar-refractivity contribution is -0.931. The Morgan fingerprint density at radius 3 is 2.42 bits per heavy atom. The highest BCUT2D eigenvalue weighted by atomic mass is 32.2. The summed E-state index contributed by atoms with van der Waals surface area (Å²) >= 11 is 0. The number of piperidine rings is 1. The van der Waals surface area contributed by atoms with Gasteiger partial charge in [0.05, 0.1) is 30.6 Å². The second-order valence-corrected chi connectivity index (χ2v) is 12.0. The summed E-state index contributed by atoms with van der Waals surface area (Å²) in [5, 5.41) is 32.3. The molecule has 13 heteroatoms. The quantitative estimate of drug-likeness (QED) is 0.245. The number of aromatic nitrogens is 4. The molecule has 2 aliphatic rings. The number of rotatable bonds is 8. The number of sulfonamides is 1. The molecule has 2 aromatic carbocycles. The number of carboxylic acid groups (broad SMARTS) is 1. The second kappa shape index (κ2) is 10.4. The molecule has 0 spiro atoms. The van der Waals surface area contributed by atoms with Crippen LogP contribution in [0.3, 0.4) is 0 Å². The first-order chi connectivity index (χ1) is 18.1. The molecule has 38 heavy (non-hydrogen) atoms. The van der Waals surface area contributed by atoms with Crippen LogP contribution in [0, 0.1) is 5.92 Å². The Bertz CT molecular complexity index is 1400. The molecule has 0 atom stereocenters. The van der Waals surface area contributed by atoms with E-state index in [1.165, 1.54) is 5.56 Å². The molecule has 0 saturated carbocycles. The van der Waals surface area contributed by atoms with Crippen molar-refractivity contribution >= 4 is 16.2 Å². The number of primary sulfonamides is 1. The molecule has 12 nitrogen and oxygen atoms in total. The number of nitrogens with one attached hydrogen (secondary N) is 2. The molecule has 3 heterocycles. The van der Waals surface area contributed by atoms with Gasteiger partial charge in [0.25, 0.3) is 0 Å². The molecular weight excluding hydrogens is 510 g/mol. The van der Waals surface area contributed by atoms with E-state index >= 15 is 0 Å². The van der Waals surface area contributed by atoms with Gasteiger partial charge >= 0.3 is 6.16 Å². The first-order valence-electron chi connectivity index (χ1n) is 12.6. The number of benzene rings is 2. The minimum absolute atomic E-state index is 0.0145. The van der Waals surface area contributed by atoms with Gasteiger partial charge in [0.2, 0.25) is 22.6 Å². The third-order valence-electron chi connectivity index (χ3n) is 7.73. The summed E-state index contributed by atoms with van der Waals surface area (Å²) < 4.78 is 31.4. The number of tetrazole rings is 1. The first-order valence-corrected chi connectivity index (χ1v) is 14.1. The van der Waals surface area contributed by atoms with E-state index in [2.05, 4.69) is 38.1 Å². The van der Waals surface area contributed by atoms with Crippen molar-refractivity contribution in [2.24, 2.45) is 11.1 Å². The number of aromatic amines is 1. The lowest BCUT2D eigenvalue weighted by Gasteiger charge is -2.39. The second-order valence-electron chi connectivity index (χ2n) is 10.5. The van der Waals surface area contributed by atoms with Crippen LogP contribution in [-0.4, -0.2) is 84.7 Å². The number of quaternary nitrogens is 1. The highest BCUT2D eigenvalue weighted by Crippen LogP contribution is 2.39. The maximum atomic E-state index is 13.0. The number of H-pyrrole nitrogens is 1. The average molecular weight is 543 g/mol. The normalized spacial score (nSPS) is 22.1. The summed E-state index contributed by atoms with van der Waals surface area (Å²) in [5.74, 6) is 0.845. The van der Waals surface area contributed by atoms with E-state index in [-0.39, 0.29) is 23.4 Å². The molecule has 1 aromatic heterocycles. The van der Waals surface area contributed by atoms with Crippen LogP contribution in [0.2, 0.25) is 0 Å². The van der Waals surface area contributed by atoms with E-state index in [1.54, 1.807) is 0 Å². The highest BCUT2D eigenvalue weighted by molar-refractivity contribution is 7.89. The Balaban J connectivity index is 1.48. The van der Waals surface area contributed by atoms with Crippen LogP contribution in [0.1, 0.15) is 29.9 Å². The molecule has 5 N–H and O–H groups in total. The molecule has 2 saturated heterocycles. The van der Waals surface area contributed by atoms with Gasteiger partial charge < -0.3 is 15.2 Å². The lowest BCUT2D eigenvalue weighted by atomic mass is 9.87. The molecule has 0 bridgehead atoms. The van der Waals surface area contributed by atoms with Gasteiger partial charge in [-0.1, -0.05) is 36.4 Å². The summed E-state index contributed by atoms with van der Waals surface area (Å²) in [6, 6.07) is 11.8. The molecular formula is C25H32N7O5S+. The summed E-state index contributed by atoms with van der Waals surface area (Å²) in [6.45, 7) is 3.44. The van der Waals surface area contributed by atoms with Crippen LogP contribution >= 0.6 is 0 Å². The Kier molecular flexibility index (Phi) is 7.18. The molecule has 0 amide bonds. The lowest BCUT2D eigenvalue weighted by Crippen LogP contribution is -2.51. The van der Waals surface area contributed by atoms with E-state index in [9.17, 15) is 13.2 Å². The Morgan fingerprint density at radius 2 is 1.87 bits per heavy atom. The monoisotopic (exact) mass is 542 g/mol. The average Bonchev–Trinajstić information content (AvgIpc) is 3.38. The van der Waals surface area contributed by atoms with Gasteiger partial charge in [0.15, 0.2) is 0 Å². The van der Waals surface area contributed by atoms with Gasteiger partial charge in [-0.2, -0.15) is 5.21 Å². The fourth-order valence-corrected chi connectivity index (χ4v) is 6.40. The zero-order valence-electron chi connectivity index (χ0n) is 21.1. The predicted octanol–water partition coefficient (Wildman–Crippen LogP) is 1.92. The van der Waals surface area contributed by atoms with E-state index in [0.717, 1.165) is 44.6 Å². The Morgan fingerprint density at radius 1 is 1.16 bits per heavy atom. The summed E-state index contributed by atoms with van der Waals surface area (Å²) in [7, 11) is -2.18. The molecule has 0 aliphatic carbocycles. The van der Waals surface area contributed by atoms with Crippen LogP contribution in [-0.2, 0) is 21.2 Å². The predicted molar refractivity (Wildman–Crippen MR) is 138 cm³/mol. The molecule has 5 rings (SSSR count). The van der Waals surface area contributed by atoms with Crippen LogP contribution in [0.4, 0.5) is 4.79 Å². The molecule has 202 valence electrons. The van der Waals surface area contributed by atoms with Gasteiger partial charge in [-0.15, -0.1) is 10.2 Å². The fourth-order valence-electron chi connectivity index (χ4n) is 5.40. The summed E-state index contributed by atoms with van der Waals surface area (Å²) in [4.78, 5) is 10.8. The van der Waals surface area contributed by atoms with Crippen molar-refractivity contribution in [2.75, 3.05) is 40.0 Å². The largest absolute Gasteiger partial charge is 0.510 e. The van der Waals surface area contributed by atoms with Crippen molar-refractivity contribution < 1.29 is 27.5 Å². The Labute approximate surface area is 220 Å². The minimum Gasteiger partial charge on any atom is -0.450 e. The smallest absolute Gasteiger partial charge is 0.450 e. The highest BCUT2D eigenvalue weighted by Gasteiger charge is 2.33. The summed E-state index contributed by atoms with van der Waals surface area (Å²) in [5.41, 5.74) is 3.67. The zero-order chi connectivity index (χ0) is 26.9. The van der Waals surface area contributed by atoms with Gasteiger partial charge in [0, 0.05) is 31.8 Å². The van der Waals surface area contributed by atoms with Crippen molar-refractivity contribution in [3.05, 3.63) is 47.5 Å². The SMILES string of the molecule is C[N+]1(COC(=O)O)CCC(Cc2ccc(-c3ccc(C4CNC4)cc3)c(-c3nn[nH]n3)c2S(N)(=O)=O)CC1. The number of ether oxygens (including phenoxy) is 1. The van der Waals surface area contributed by atoms with Crippen LogP contribution in [0.5, 0.6) is 0 Å². The Hall–Kier alpha value is -3.39. The number of carbonyl (C=O) groups is 1. The van der Waals surface area contributed by atoms with E-state index < -0.39 is 16.2 Å². The zero-order valence-corrected chi connectivity index (χ0v) is 21.9. The van der Waals surface area contributed by atoms with E-state index in [1.807, 2.05) is 31.3 Å². The number of hydrogen-bond donors (Lipinski definition) is 4. The third-order valence-corrected chi connectivity index (χ3v) is 8.77. The van der Waals surface area contributed by atoms with E-state index in [0.29, 0.717) is 33.5 Å². The maximum Gasteiger partial charge on any atom is 0.510 e. The van der Waals surface area contributed by atoms with Gasteiger partial charge in [-0.05, 0) is 39.8 Å². The maximum absolute atomic E-state index is 13.0. The molecule has 3 aromatic rings. The van der Waals surface area contributed by atoms with Crippen molar-refractivity contribution in [1.29, 1.82) is 0 Å². The summed E-state index contributed by atoms with van der Waals surface area (Å²) in [6.07, 6.45) is 0.804. The van der Waals surface area contributed by atoms with Crippen molar-refractivity contribution in [3.8, 4) is 22.5 Å². The fraction of sp³-hybridized carbons (Fsp3) is 0.440.